The van der Waals surface area contributed by atoms with Crippen LogP contribution in [0.15, 0.2) is 54.7 Å². The number of aryl methyl sites for hydroxylation is 1. The molecular weight excluding hydrogens is 210 g/mol. The van der Waals surface area contributed by atoms with Crippen LogP contribution in [0.3, 0.4) is 0 Å². The SMILES string of the molecule is Cc1ccccc1.Cl.Oc1ccccn1. The molecule has 0 bridgehead atoms. The fourth-order valence-electron chi connectivity index (χ4n) is 0.888. The second-order valence-corrected chi connectivity index (χ2v) is 2.84. The Kier molecular flexibility index (Phi) is 7.02. The molecule has 1 aromatic heterocycles. The zero-order valence-corrected chi connectivity index (χ0v) is 9.32. The van der Waals surface area contributed by atoms with Gasteiger partial charge < -0.3 is 5.11 Å². The van der Waals surface area contributed by atoms with Gasteiger partial charge in [-0.15, -0.1) is 12.4 Å². The highest BCUT2D eigenvalue weighted by molar-refractivity contribution is 5.85. The third-order valence-corrected chi connectivity index (χ3v) is 1.59. The van der Waals surface area contributed by atoms with Crippen molar-refractivity contribution in [3.8, 4) is 5.88 Å². The van der Waals surface area contributed by atoms with Crippen molar-refractivity contribution >= 4 is 12.4 Å². The van der Waals surface area contributed by atoms with E-state index in [0.717, 1.165) is 0 Å². The molecule has 0 amide bonds. The van der Waals surface area contributed by atoms with Gasteiger partial charge in [-0.2, -0.15) is 0 Å². The molecule has 1 N–H and O–H groups in total. The number of aromatic nitrogens is 1. The van der Waals surface area contributed by atoms with E-state index in [1.54, 1.807) is 12.1 Å². The molecule has 2 nitrogen and oxygen atoms in total. The Morgan fingerprint density at radius 3 is 1.80 bits per heavy atom. The van der Waals surface area contributed by atoms with E-state index in [-0.39, 0.29) is 18.3 Å². The van der Waals surface area contributed by atoms with E-state index in [9.17, 15) is 0 Å². The molecule has 0 aliphatic heterocycles. The number of halogens is 1. The Hall–Kier alpha value is -1.54. The quantitative estimate of drug-likeness (QED) is 0.744. The minimum Gasteiger partial charge on any atom is -0.493 e. The number of nitrogens with zero attached hydrogens (tertiary/aromatic N) is 1. The van der Waals surface area contributed by atoms with Gasteiger partial charge in [-0.25, -0.2) is 4.98 Å². The molecule has 2 aromatic rings. The van der Waals surface area contributed by atoms with Crippen molar-refractivity contribution in [3.63, 3.8) is 0 Å². The molecule has 0 fully saturated rings. The van der Waals surface area contributed by atoms with Crippen LogP contribution in [0.4, 0.5) is 0 Å². The highest BCUT2D eigenvalue weighted by Gasteiger charge is 1.76. The molecule has 0 aliphatic rings. The molecule has 0 radical (unpaired) electrons. The minimum atomic E-state index is 0. The van der Waals surface area contributed by atoms with Gasteiger partial charge in [0.25, 0.3) is 0 Å². The van der Waals surface area contributed by atoms with Crippen LogP contribution in [0, 0.1) is 6.92 Å². The summed E-state index contributed by atoms with van der Waals surface area (Å²) in [6.07, 6.45) is 1.54. The van der Waals surface area contributed by atoms with Crippen LogP contribution in [0.25, 0.3) is 0 Å². The van der Waals surface area contributed by atoms with Gasteiger partial charge in [0.2, 0.25) is 5.88 Å². The molecule has 0 saturated carbocycles. The molecule has 0 atom stereocenters. The van der Waals surface area contributed by atoms with Gasteiger partial charge in [0, 0.05) is 12.3 Å². The first-order valence-corrected chi connectivity index (χ1v) is 4.40. The Morgan fingerprint density at radius 1 is 0.933 bits per heavy atom. The minimum absolute atomic E-state index is 0. The predicted octanol–water partition coefficient (Wildman–Crippen LogP) is 3.20. The zero-order valence-electron chi connectivity index (χ0n) is 8.50. The standard InChI is InChI=1S/C7H8.C5H5NO.ClH/c1-7-5-3-2-4-6-7;7-5-3-1-2-4-6-5;/h2-6H,1H3;1-4H,(H,6,7);1H. The summed E-state index contributed by atoms with van der Waals surface area (Å²) in [7, 11) is 0. The van der Waals surface area contributed by atoms with Gasteiger partial charge in [0.15, 0.2) is 0 Å². The number of pyridine rings is 1. The van der Waals surface area contributed by atoms with E-state index in [4.69, 9.17) is 5.11 Å². The molecule has 1 heterocycles. The summed E-state index contributed by atoms with van der Waals surface area (Å²) >= 11 is 0. The van der Waals surface area contributed by atoms with Gasteiger partial charge in [0.05, 0.1) is 0 Å². The van der Waals surface area contributed by atoms with Crippen LogP contribution < -0.4 is 0 Å². The smallest absolute Gasteiger partial charge is 0.210 e. The number of rotatable bonds is 0. The second kappa shape index (κ2) is 7.83. The van der Waals surface area contributed by atoms with Gasteiger partial charge in [-0.1, -0.05) is 42.0 Å². The van der Waals surface area contributed by atoms with Crippen LogP contribution in [0.2, 0.25) is 0 Å². The summed E-state index contributed by atoms with van der Waals surface area (Å²) in [5.74, 6) is 0.0718. The van der Waals surface area contributed by atoms with Crippen LogP contribution in [-0.2, 0) is 0 Å². The summed E-state index contributed by atoms with van der Waals surface area (Å²) in [5.41, 5.74) is 1.32. The number of hydrogen-bond donors (Lipinski definition) is 1. The molecule has 80 valence electrons. The van der Waals surface area contributed by atoms with Crippen molar-refractivity contribution in [1.82, 2.24) is 4.98 Å². The number of hydrogen-bond acceptors (Lipinski definition) is 2. The molecule has 1 aromatic carbocycles. The van der Waals surface area contributed by atoms with Crippen LogP contribution in [0.5, 0.6) is 5.88 Å². The lowest BCUT2D eigenvalue weighted by Crippen LogP contribution is -1.66. The summed E-state index contributed by atoms with van der Waals surface area (Å²) in [6.45, 7) is 2.08. The Morgan fingerprint density at radius 2 is 1.53 bits per heavy atom. The van der Waals surface area contributed by atoms with Crippen molar-refractivity contribution in [3.05, 3.63) is 60.3 Å². The lowest BCUT2D eigenvalue weighted by molar-refractivity contribution is 0.453. The van der Waals surface area contributed by atoms with Crippen LogP contribution in [0.1, 0.15) is 5.56 Å². The van der Waals surface area contributed by atoms with Crippen molar-refractivity contribution in [2.75, 3.05) is 0 Å². The van der Waals surface area contributed by atoms with Gasteiger partial charge in [-0.05, 0) is 13.0 Å². The average molecular weight is 224 g/mol. The van der Waals surface area contributed by atoms with E-state index >= 15 is 0 Å². The van der Waals surface area contributed by atoms with E-state index < -0.39 is 0 Å². The maximum atomic E-state index is 8.52. The topological polar surface area (TPSA) is 33.1 Å². The van der Waals surface area contributed by atoms with E-state index in [0.29, 0.717) is 0 Å². The third-order valence-electron chi connectivity index (χ3n) is 1.59. The maximum absolute atomic E-state index is 8.52. The maximum Gasteiger partial charge on any atom is 0.210 e. The highest BCUT2D eigenvalue weighted by atomic mass is 35.5. The van der Waals surface area contributed by atoms with Gasteiger partial charge in [0.1, 0.15) is 0 Å². The lowest BCUT2D eigenvalue weighted by atomic mass is 10.2. The number of benzene rings is 1. The molecule has 0 unspecified atom stereocenters. The molecule has 15 heavy (non-hydrogen) atoms. The van der Waals surface area contributed by atoms with Crippen molar-refractivity contribution < 1.29 is 5.11 Å². The largest absolute Gasteiger partial charge is 0.493 e. The highest BCUT2D eigenvalue weighted by Crippen LogP contribution is 1.96. The molecule has 2 rings (SSSR count). The normalized spacial score (nSPS) is 8.07. The molecule has 3 heteroatoms. The first kappa shape index (κ1) is 13.5. The van der Waals surface area contributed by atoms with E-state index in [1.807, 2.05) is 18.2 Å². The fraction of sp³-hybridized carbons (Fsp3) is 0.0833. The first-order valence-electron chi connectivity index (χ1n) is 4.40. The molecule has 0 spiro atoms. The Balaban J connectivity index is 0.000000245. The molecular formula is C12H14ClNO. The van der Waals surface area contributed by atoms with Crippen molar-refractivity contribution in [2.24, 2.45) is 0 Å². The second-order valence-electron chi connectivity index (χ2n) is 2.84. The van der Waals surface area contributed by atoms with Gasteiger partial charge >= 0.3 is 0 Å². The Bertz CT molecular complexity index is 313. The molecule has 0 aliphatic carbocycles. The van der Waals surface area contributed by atoms with E-state index in [2.05, 4.69) is 24.0 Å². The summed E-state index contributed by atoms with van der Waals surface area (Å²) in [5, 5.41) is 8.52. The monoisotopic (exact) mass is 223 g/mol. The summed E-state index contributed by atoms with van der Waals surface area (Å²) in [6, 6.07) is 15.3. The first-order chi connectivity index (χ1) is 6.79. The summed E-state index contributed by atoms with van der Waals surface area (Å²) < 4.78 is 0. The molecule has 0 saturated heterocycles. The fourth-order valence-corrected chi connectivity index (χ4v) is 0.888. The van der Waals surface area contributed by atoms with E-state index in [1.165, 1.54) is 17.8 Å². The third kappa shape index (κ3) is 6.52. The van der Waals surface area contributed by atoms with Crippen LogP contribution in [-0.4, -0.2) is 10.1 Å². The zero-order chi connectivity index (χ0) is 10.2. The van der Waals surface area contributed by atoms with Crippen LogP contribution >= 0.6 is 12.4 Å². The lowest BCUT2D eigenvalue weighted by Gasteiger charge is -1.82. The van der Waals surface area contributed by atoms with Crippen molar-refractivity contribution in [2.45, 2.75) is 6.92 Å². The average Bonchev–Trinajstić information content (AvgIpc) is 2.21. The summed E-state index contributed by atoms with van der Waals surface area (Å²) in [4.78, 5) is 3.53. The van der Waals surface area contributed by atoms with Crippen molar-refractivity contribution in [1.29, 1.82) is 0 Å². The number of aromatic hydroxyl groups is 1. The predicted molar refractivity (Wildman–Crippen MR) is 64.3 cm³/mol. The van der Waals surface area contributed by atoms with Gasteiger partial charge in [-0.3, -0.25) is 0 Å². The Labute approximate surface area is 96.0 Å².